The van der Waals surface area contributed by atoms with Gasteiger partial charge in [0.25, 0.3) is 0 Å². The van der Waals surface area contributed by atoms with Crippen LogP contribution in [0.15, 0.2) is 42.9 Å². The molecule has 0 fully saturated rings. The van der Waals surface area contributed by atoms with Crippen LogP contribution in [-0.2, 0) is 6.54 Å². The van der Waals surface area contributed by atoms with Gasteiger partial charge in [-0.1, -0.05) is 0 Å². The lowest BCUT2D eigenvalue weighted by Crippen LogP contribution is -2.18. The normalized spacial score (nSPS) is 12.3. The smallest absolute Gasteiger partial charge is 0.133 e. The van der Waals surface area contributed by atoms with Crippen molar-refractivity contribution in [3.05, 3.63) is 54.1 Å². The Morgan fingerprint density at radius 3 is 2.65 bits per heavy atom. The van der Waals surface area contributed by atoms with Gasteiger partial charge in [0.15, 0.2) is 0 Å². The van der Waals surface area contributed by atoms with Crippen molar-refractivity contribution in [1.82, 2.24) is 15.3 Å². The summed E-state index contributed by atoms with van der Waals surface area (Å²) in [5, 5.41) is 12.5. The predicted molar refractivity (Wildman–Crippen MR) is 65.4 cm³/mol. The summed E-state index contributed by atoms with van der Waals surface area (Å²) in [6.07, 6.45) is 5.02. The first-order chi connectivity index (χ1) is 8.25. The molecule has 2 aromatic heterocycles. The maximum atomic E-state index is 9.12. The largest absolute Gasteiger partial charge is 0.506 e. The van der Waals surface area contributed by atoms with E-state index in [9.17, 15) is 0 Å². The third kappa shape index (κ3) is 3.26. The number of nitrogens with one attached hydrogen (secondary N) is 1. The zero-order chi connectivity index (χ0) is 12.1. The Balaban J connectivity index is 1.92. The SMILES string of the molecule is C[C@H](NCc1ccc(O)cn1)c1ccncc1. The Morgan fingerprint density at radius 1 is 1.24 bits per heavy atom. The molecule has 17 heavy (non-hydrogen) atoms. The number of aromatic nitrogens is 2. The van der Waals surface area contributed by atoms with Gasteiger partial charge in [-0.05, 0) is 36.8 Å². The predicted octanol–water partition coefficient (Wildman–Crippen LogP) is 2.03. The molecule has 0 radical (unpaired) electrons. The molecular weight excluding hydrogens is 214 g/mol. The average molecular weight is 229 g/mol. The van der Waals surface area contributed by atoms with Crippen LogP contribution in [0.2, 0.25) is 0 Å². The van der Waals surface area contributed by atoms with E-state index in [1.54, 1.807) is 18.5 Å². The van der Waals surface area contributed by atoms with Gasteiger partial charge < -0.3 is 10.4 Å². The molecule has 2 heterocycles. The molecule has 2 N–H and O–H groups in total. The van der Waals surface area contributed by atoms with Crippen molar-refractivity contribution >= 4 is 0 Å². The summed E-state index contributed by atoms with van der Waals surface area (Å²) in [7, 11) is 0. The highest BCUT2D eigenvalue weighted by atomic mass is 16.3. The van der Waals surface area contributed by atoms with E-state index in [0.29, 0.717) is 6.54 Å². The molecule has 2 aromatic rings. The summed E-state index contributed by atoms with van der Waals surface area (Å²) in [5.41, 5.74) is 2.10. The standard InChI is InChI=1S/C13H15N3O/c1-10(11-4-6-14-7-5-11)15-8-12-2-3-13(17)9-16-12/h2-7,9-10,15,17H,8H2,1H3/t10-/m0/s1. The van der Waals surface area contributed by atoms with Gasteiger partial charge in [0, 0.05) is 25.0 Å². The lowest BCUT2D eigenvalue weighted by atomic mass is 10.1. The van der Waals surface area contributed by atoms with Gasteiger partial charge in [-0.15, -0.1) is 0 Å². The van der Waals surface area contributed by atoms with E-state index in [1.165, 1.54) is 11.8 Å². The van der Waals surface area contributed by atoms with E-state index in [-0.39, 0.29) is 11.8 Å². The van der Waals surface area contributed by atoms with Crippen molar-refractivity contribution in [2.45, 2.75) is 19.5 Å². The Labute approximate surface area is 100 Å². The highest BCUT2D eigenvalue weighted by Gasteiger charge is 2.04. The molecule has 2 rings (SSSR count). The Kier molecular flexibility index (Phi) is 3.67. The second-order valence-electron chi connectivity index (χ2n) is 3.89. The molecular formula is C13H15N3O. The Bertz CT molecular complexity index is 456. The zero-order valence-corrected chi connectivity index (χ0v) is 9.67. The monoisotopic (exact) mass is 229 g/mol. The fourth-order valence-corrected chi connectivity index (χ4v) is 1.55. The molecule has 0 amide bonds. The fraction of sp³-hybridized carbons (Fsp3) is 0.231. The fourth-order valence-electron chi connectivity index (χ4n) is 1.55. The van der Waals surface area contributed by atoms with Crippen LogP contribution in [-0.4, -0.2) is 15.1 Å². The van der Waals surface area contributed by atoms with Gasteiger partial charge in [-0.3, -0.25) is 9.97 Å². The second kappa shape index (κ2) is 5.41. The van der Waals surface area contributed by atoms with Crippen molar-refractivity contribution in [2.75, 3.05) is 0 Å². The van der Waals surface area contributed by atoms with Crippen LogP contribution in [0, 0.1) is 0 Å². The van der Waals surface area contributed by atoms with Crippen LogP contribution in [0.1, 0.15) is 24.2 Å². The zero-order valence-electron chi connectivity index (χ0n) is 9.67. The van der Waals surface area contributed by atoms with Gasteiger partial charge in [-0.2, -0.15) is 0 Å². The molecule has 0 aliphatic carbocycles. The molecule has 0 spiro atoms. The molecule has 0 aromatic carbocycles. The molecule has 4 nitrogen and oxygen atoms in total. The minimum Gasteiger partial charge on any atom is -0.506 e. The topological polar surface area (TPSA) is 58.0 Å². The van der Waals surface area contributed by atoms with E-state index in [1.807, 2.05) is 18.2 Å². The van der Waals surface area contributed by atoms with Crippen LogP contribution in [0.25, 0.3) is 0 Å². The van der Waals surface area contributed by atoms with E-state index in [4.69, 9.17) is 5.11 Å². The van der Waals surface area contributed by atoms with Gasteiger partial charge in [0.05, 0.1) is 11.9 Å². The minimum absolute atomic E-state index is 0.191. The Hall–Kier alpha value is -1.94. The van der Waals surface area contributed by atoms with E-state index in [2.05, 4.69) is 22.2 Å². The average Bonchev–Trinajstić information content (AvgIpc) is 2.39. The van der Waals surface area contributed by atoms with Gasteiger partial charge in [0.2, 0.25) is 0 Å². The molecule has 0 aliphatic rings. The maximum absolute atomic E-state index is 9.12. The van der Waals surface area contributed by atoms with Crippen LogP contribution in [0.4, 0.5) is 0 Å². The lowest BCUT2D eigenvalue weighted by molar-refractivity contribution is 0.471. The highest BCUT2D eigenvalue weighted by molar-refractivity contribution is 5.18. The van der Waals surface area contributed by atoms with Crippen molar-refractivity contribution in [2.24, 2.45) is 0 Å². The molecule has 1 atom stereocenters. The summed E-state index contributed by atoms with van der Waals surface area (Å²) >= 11 is 0. The number of aromatic hydroxyl groups is 1. The van der Waals surface area contributed by atoms with Crippen molar-refractivity contribution < 1.29 is 5.11 Å². The third-order valence-electron chi connectivity index (χ3n) is 2.60. The molecule has 88 valence electrons. The first kappa shape index (κ1) is 11.5. The van der Waals surface area contributed by atoms with Crippen molar-refractivity contribution in [1.29, 1.82) is 0 Å². The van der Waals surface area contributed by atoms with Crippen molar-refractivity contribution in [3.8, 4) is 5.75 Å². The summed E-state index contributed by atoms with van der Waals surface area (Å²) < 4.78 is 0. The van der Waals surface area contributed by atoms with E-state index < -0.39 is 0 Å². The lowest BCUT2D eigenvalue weighted by Gasteiger charge is -2.13. The molecule has 0 aliphatic heterocycles. The number of pyridine rings is 2. The molecule has 0 unspecified atom stereocenters. The molecule has 0 bridgehead atoms. The van der Waals surface area contributed by atoms with Crippen LogP contribution in [0.5, 0.6) is 5.75 Å². The third-order valence-corrected chi connectivity index (χ3v) is 2.60. The molecule has 0 saturated carbocycles. The summed E-state index contributed by atoms with van der Waals surface area (Å²) in [6.45, 7) is 2.76. The first-order valence-electron chi connectivity index (χ1n) is 5.53. The minimum atomic E-state index is 0.191. The van der Waals surface area contributed by atoms with Crippen molar-refractivity contribution in [3.63, 3.8) is 0 Å². The summed E-state index contributed by atoms with van der Waals surface area (Å²) in [6, 6.07) is 7.67. The second-order valence-corrected chi connectivity index (χ2v) is 3.89. The van der Waals surface area contributed by atoms with E-state index >= 15 is 0 Å². The van der Waals surface area contributed by atoms with Gasteiger partial charge >= 0.3 is 0 Å². The molecule has 0 saturated heterocycles. The van der Waals surface area contributed by atoms with Crippen LogP contribution in [0.3, 0.4) is 0 Å². The Morgan fingerprint density at radius 2 is 2.00 bits per heavy atom. The summed E-state index contributed by atoms with van der Waals surface area (Å²) in [4.78, 5) is 8.11. The maximum Gasteiger partial charge on any atom is 0.133 e. The molecule has 4 heteroatoms. The van der Waals surface area contributed by atoms with Crippen LogP contribution >= 0.6 is 0 Å². The quantitative estimate of drug-likeness (QED) is 0.842. The number of rotatable bonds is 4. The summed E-state index contributed by atoms with van der Waals surface area (Å²) in [5.74, 6) is 0.191. The highest BCUT2D eigenvalue weighted by Crippen LogP contribution is 2.11. The number of nitrogens with zero attached hydrogens (tertiary/aromatic N) is 2. The van der Waals surface area contributed by atoms with E-state index in [0.717, 1.165) is 5.69 Å². The van der Waals surface area contributed by atoms with Gasteiger partial charge in [-0.25, -0.2) is 0 Å². The van der Waals surface area contributed by atoms with Gasteiger partial charge in [0.1, 0.15) is 5.75 Å². The first-order valence-corrected chi connectivity index (χ1v) is 5.53. The van der Waals surface area contributed by atoms with Crippen LogP contribution < -0.4 is 5.32 Å². The number of hydrogen-bond acceptors (Lipinski definition) is 4. The number of hydrogen-bond donors (Lipinski definition) is 2.